The standard InChI is InChI=1S/C20H20FN3/c21-20-4-2-1-3-17(20)14-24(19-9-10-19)13-16-5-7-18(8-6-16)23-12-11-22-15-23/h1-8,11-12,15,19H,9-10,13-14H2. The van der Waals surface area contributed by atoms with Crippen LogP contribution in [0.1, 0.15) is 24.0 Å². The minimum Gasteiger partial charge on any atom is -0.306 e. The molecular formula is C20H20FN3. The molecule has 4 heteroatoms. The van der Waals surface area contributed by atoms with Crippen molar-refractivity contribution in [2.24, 2.45) is 0 Å². The molecule has 1 saturated carbocycles. The molecule has 0 aliphatic heterocycles. The van der Waals surface area contributed by atoms with E-state index in [-0.39, 0.29) is 5.82 Å². The van der Waals surface area contributed by atoms with E-state index in [0.717, 1.165) is 17.8 Å². The van der Waals surface area contributed by atoms with Crippen LogP contribution in [0.15, 0.2) is 67.3 Å². The van der Waals surface area contributed by atoms with Crippen LogP contribution in [0.25, 0.3) is 5.69 Å². The van der Waals surface area contributed by atoms with Crippen molar-refractivity contribution in [3.05, 3.63) is 84.2 Å². The van der Waals surface area contributed by atoms with Crippen molar-refractivity contribution in [1.82, 2.24) is 14.5 Å². The zero-order chi connectivity index (χ0) is 16.4. The van der Waals surface area contributed by atoms with Gasteiger partial charge in [-0.15, -0.1) is 0 Å². The predicted molar refractivity (Wildman–Crippen MR) is 92.2 cm³/mol. The molecule has 0 bridgehead atoms. The molecule has 0 amide bonds. The molecule has 1 aliphatic carbocycles. The Labute approximate surface area is 141 Å². The SMILES string of the molecule is Fc1ccccc1CN(Cc1ccc(-n2ccnc2)cc1)C1CC1. The average molecular weight is 321 g/mol. The summed E-state index contributed by atoms with van der Waals surface area (Å²) in [5.41, 5.74) is 3.13. The minimum absolute atomic E-state index is 0.112. The number of rotatable bonds is 6. The van der Waals surface area contributed by atoms with Crippen LogP contribution < -0.4 is 0 Å². The molecule has 0 radical (unpaired) electrons. The number of hydrogen-bond donors (Lipinski definition) is 0. The summed E-state index contributed by atoms with van der Waals surface area (Å²) in [6.45, 7) is 1.52. The molecule has 3 nitrogen and oxygen atoms in total. The normalized spacial score (nSPS) is 14.2. The van der Waals surface area contributed by atoms with Crippen LogP contribution in [0.2, 0.25) is 0 Å². The lowest BCUT2D eigenvalue weighted by Crippen LogP contribution is -2.25. The fourth-order valence-corrected chi connectivity index (χ4v) is 3.02. The summed E-state index contributed by atoms with van der Waals surface area (Å²) in [6, 6.07) is 16.2. The van der Waals surface area contributed by atoms with Gasteiger partial charge in [0.05, 0.1) is 6.33 Å². The van der Waals surface area contributed by atoms with E-state index in [4.69, 9.17) is 0 Å². The van der Waals surface area contributed by atoms with E-state index in [9.17, 15) is 4.39 Å². The first-order chi connectivity index (χ1) is 11.8. The summed E-state index contributed by atoms with van der Waals surface area (Å²) >= 11 is 0. The molecule has 3 aromatic rings. The van der Waals surface area contributed by atoms with E-state index >= 15 is 0 Å². The second-order valence-corrected chi connectivity index (χ2v) is 6.36. The van der Waals surface area contributed by atoms with Crippen molar-refractivity contribution in [3.8, 4) is 5.69 Å². The molecule has 0 unspecified atom stereocenters. The van der Waals surface area contributed by atoms with Gasteiger partial charge in [0.25, 0.3) is 0 Å². The third-order valence-electron chi connectivity index (χ3n) is 4.52. The molecule has 24 heavy (non-hydrogen) atoms. The van der Waals surface area contributed by atoms with Crippen molar-refractivity contribution in [2.75, 3.05) is 0 Å². The maximum Gasteiger partial charge on any atom is 0.127 e. The molecule has 1 aliphatic rings. The van der Waals surface area contributed by atoms with Crippen molar-refractivity contribution >= 4 is 0 Å². The quantitative estimate of drug-likeness (QED) is 0.679. The Bertz CT molecular complexity index is 792. The number of nitrogens with zero attached hydrogens (tertiary/aromatic N) is 3. The van der Waals surface area contributed by atoms with Gasteiger partial charge in [0.15, 0.2) is 0 Å². The zero-order valence-corrected chi connectivity index (χ0v) is 13.5. The number of halogens is 1. The van der Waals surface area contributed by atoms with Gasteiger partial charge in [-0.05, 0) is 36.6 Å². The summed E-state index contributed by atoms with van der Waals surface area (Å²) < 4.78 is 15.9. The highest BCUT2D eigenvalue weighted by Gasteiger charge is 2.29. The van der Waals surface area contributed by atoms with Crippen molar-refractivity contribution in [2.45, 2.75) is 32.0 Å². The van der Waals surface area contributed by atoms with Crippen LogP contribution in [-0.2, 0) is 13.1 Å². The first-order valence-corrected chi connectivity index (χ1v) is 8.34. The van der Waals surface area contributed by atoms with Gasteiger partial charge in [0.2, 0.25) is 0 Å². The lowest BCUT2D eigenvalue weighted by molar-refractivity contribution is 0.242. The van der Waals surface area contributed by atoms with E-state index < -0.39 is 0 Å². The second-order valence-electron chi connectivity index (χ2n) is 6.36. The van der Waals surface area contributed by atoms with Gasteiger partial charge in [-0.3, -0.25) is 4.90 Å². The lowest BCUT2D eigenvalue weighted by Gasteiger charge is -2.22. The van der Waals surface area contributed by atoms with Gasteiger partial charge in [0, 0.05) is 42.8 Å². The molecular weight excluding hydrogens is 301 g/mol. The Morgan fingerprint density at radius 1 is 1.04 bits per heavy atom. The highest BCUT2D eigenvalue weighted by atomic mass is 19.1. The van der Waals surface area contributed by atoms with Crippen LogP contribution in [0, 0.1) is 5.82 Å². The monoisotopic (exact) mass is 321 g/mol. The summed E-state index contributed by atoms with van der Waals surface area (Å²) in [5, 5.41) is 0. The van der Waals surface area contributed by atoms with Crippen LogP contribution in [-0.4, -0.2) is 20.5 Å². The number of aromatic nitrogens is 2. The van der Waals surface area contributed by atoms with Crippen LogP contribution in [0.3, 0.4) is 0 Å². The van der Waals surface area contributed by atoms with Gasteiger partial charge in [-0.1, -0.05) is 30.3 Å². The van der Waals surface area contributed by atoms with Gasteiger partial charge in [0.1, 0.15) is 5.82 Å². The summed E-state index contributed by atoms with van der Waals surface area (Å²) in [7, 11) is 0. The Morgan fingerprint density at radius 2 is 1.83 bits per heavy atom. The molecule has 4 rings (SSSR count). The fraction of sp³-hybridized carbons (Fsp3) is 0.250. The Kier molecular flexibility index (Phi) is 4.13. The molecule has 0 N–H and O–H groups in total. The Balaban J connectivity index is 1.48. The molecule has 122 valence electrons. The summed E-state index contributed by atoms with van der Waals surface area (Å²) in [4.78, 5) is 6.45. The second kappa shape index (κ2) is 6.57. The largest absolute Gasteiger partial charge is 0.306 e. The smallest absolute Gasteiger partial charge is 0.127 e. The maximum atomic E-state index is 13.9. The predicted octanol–water partition coefficient (Wildman–Crippen LogP) is 4.18. The van der Waals surface area contributed by atoms with Crippen molar-refractivity contribution < 1.29 is 4.39 Å². The van der Waals surface area contributed by atoms with Gasteiger partial charge in [-0.2, -0.15) is 0 Å². The Morgan fingerprint density at radius 3 is 2.50 bits per heavy atom. The minimum atomic E-state index is -0.112. The number of imidazole rings is 1. The highest BCUT2D eigenvalue weighted by Crippen LogP contribution is 2.30. The molecule has 2 aromatic carbocycles. The van der Waals surface area contributed by atoms with Crippen LogP contribution >= 0.6 is 0 Å². The average Bonchev–Trinajstić information content (AvgIpc) is 3.31. The summed E-state index contributed by atoms with van der Waals surface area (Å²) in [5.74, 6) is -0.112. The van der Waals surface area contributed by atoms with Gasteiger partial charge < -0.3 is 4.57 Å². The molecule has 0 spiro atoms. The maximum absolute atomic E-state index is 13.9. The molecule has 0 saturated heterocycles. The zero-order valence-electron chi connectivity index (χ0n) is 13.5. The number of benzene rings is 2. The van der Waals surface area contributed by atoms with E-state index in [2.05, 4.69) is 34.1 Å². The molecule has 0 atom stereocenters. The van der Waals surface area contributed by atoms with Crippen molar-refractivity contribution in [3.63, 3.8) is 0 Å². The molecule has 1 heterocycles. The van der Waals surface area contributed by atoms with Gasteiger partial charge in [-0.25, -0.2) is 9.37 Å². The molecule has 1 aromatic heterocycles. The highest BCUT2D eigenvalue weighted by molar-refractivity contribution is 5.34. The van der Waals surface area contributed by atoms with Gasteiger partial charge >= 0.3 is 0 Å². The van der Waals surface area contributed by atoms with E-state index in [1.54, 1.807) is 24.7 Å². The molecule has 1 fully saturated rings. The first-order valence-electron chi connectivity index (χ1n) is 8.34. The van der Waals surface area contributed by atoms with E-state index in [1.807, 2.05) is 22.9 Å². The summed E-state index contributed by atoms with van der Waals surface area (Å²) in [6.07, 6.45) is 7.92. The third kappa shape index (κ3) is 3.39. The van der Waals surface area contributed by atoms with Crippen molar-refractivity contribution in [1.29, 1.82) is 0 Å². The lowest BCUT2D eigenvalue weighted by atomic mass is 10.1. The van der Waals surface area contributed by atoms with Crippen LogP contribution in [0.5, 0.6) is 0 Å². The first kappa shape index (κ1) is 15.1. The fourth-order valence-electron chi connectivity index (χ4n) is 3.02. The third-order valence-corrected chi connectivity index (χ3v) is 4.52. The van der Waals surface area contributed by atoms with Crippen LogP contribution in [0.4, 0.5) is 4.39 Å². The van der Waals surface area contributed by atoms with E-state index in [0.29, 0.717) is 12.6 Å². The van der Waals surface area contributed by atoms with E-state index in [1.165, 1.54) is 18.4 Å². The topological polar surface area (TPSA) is 21.1 Å². The Hall–Kier alpha value is -2.46. The number of hydrogen-bond acceptors (Lipinski definition) is 2.